The molecule has 0 bridgehead atoms. The van der Waals surface area contributed by atoms with Crippen molar-refractivity contribution in [2.24, 2.45) is 0 Å². The predicted octanol–water partition coefficient (Wildman–Crippen LogP) is 1.98. The standard InChI is InChI=1S/C15H18F2N2O2/c1-2-3-13-15(21)19(7-6-14(20)18-13)9-10-4-5-11(16)12(17)8-10/h4-5,8,13H,2-3,6-7,9H2,1H3,(H,18,20). The van der Waals surface area contributed by atoms with Gasteiger partial charge in [0.15, 0.2) is 11.6 Å². The molecule has 1 aliphatic rings. The highest BCUT2D eigenvalue weighted by molar-refractivity contribution is 5.89. The van der Waals surface area contributed by atoms with Crippen molar-refractivity contribution in [3.05, 3.63) is 35.4 Å². The normalized spacial score (nSPS) is 19.4. The number of benzene rings is 1. The van der Waals surface area contributed by atoms with Crippen LogP contribution in [0.4, 0.5) is 8.78 Å². The van der Waals surface area contributed by atoms with Crippen molar-refractivity contribution in [3.63, 3.8) is 0 Å². The Hall–Kier alpha value is -1.98. The van der Waals surface area contributed by atoms with Crippen molar-refractivity contribution in [2.45, 2.75) is 38.8 Å². The number of amides is 2. The maximum atomic E-state index is 13.2. The van der Waals surface area contributed by atoms with Crippen LogP contribution in [-0.2, 0) is 16.1 Å². The summed E-state index contributed by atoms with van der Waals surface area (Å²) in [6.07, 6.45) is 1.56. The van der Waals surface area contributed by atoms with Crippen molar-refractivity contribution in [2.75, 3.05) is 6.54 Å². The second-order valence-corrected chi connectivity index (χ2v) is 5.17. The zero-order valence-electron chi connectivity index (χ0n) is 11.9. The van der Waals surface area contributed by atoms with Crippen molar-refractivity contribution in [1.82, 2.24) is 10.2 Å². The average Bonchev–Trinajstić information content (AvgIpc) is 2.57. The molecule has 1 unspecified atom stereocenters. The van der Waals surface area contributed by atoms with Crippen LogP contribution < -0.4 is 5.32 Å². The molecular weight excluding hydrogens is 278 g/mol. The molecule has 4 nitrogen and oxygen atoms in total. The van der Waals surface area contributed by atoms with Gasteiger partial charge in [-0.2, -0.15) is 0 Å². The topological polar surface area (TPSA) is 49.4 Å². The molecule has 1 aromatic rings. The lowest BCUT2D eigenvalue weighted by Gasteiger charge is -2.24. The first-order chi connectivity index (χ1) is 10.0. The van der Waals surface area contributed by atoms with Gasteiger partial charge in [0, 0.05) is 19.5 Å². The van der Waals surface area contributed by atoms with Gasteiger partial charge in [0.25, 0.3) is 0 Å². The fourth-order valence-corrected chi connectivity index (χ4v) is 2.39. The van der Waals surface area contributed by atoms with Crippen LogP contribution in [0.2, 0.25) is 0 Å². The Labute approximate surface area is 122 Å². The number of hydrogen-bond donors (Lipinski definition) is 1. The van der Waals surface area contributed by atoms with E-state index in [9.17, 15) is 18.4 Å². The molecule has 1 saturated heterocycles. The first-order valence-electron chi connectivity index (χ1n) is 7.03. The number of halogens is 2. The molecule has 6 heteroatoms. The summed E-state index contributed by atoms with van der Waals surface area (Å²) in [5, 5.41) is 2.70. The summed E-state index contributed by atoms with van der Waals surface area (Å²) in [6, 6.07) is 3.04. The van der Waals surface area contributed by atoms with Crippen LogP contribution in [0.5, 0.6) is 0 Å². The molecule has 2 amide bonds. The quantitative estimate of drug-likeness (QED) is 0.923. The third kappa shape index (κ3) is 3.77. The summed E-state index contributed by atoms with van der Waals surface area (Å²) >= 11 is 0. The molecule has 0 aliphatic carbocycles. The monoisotopic (exact) mass is 296 g/mol. The molecule has 0 saturated carbocycles. The second kappa shape index (κ2) is 6.65. The van der Waals surface area contributed by atoms with Crippen LogP contribution in [0.1, 0.15) is 31.7 Å². The molecule has 1 N–H and O–H groups in total. The van der Waals surface area contributed by atoms with Crippen LogP contribution in [0, 0.1) is 11.6 Å². The van der Waals surface area contributed by atoms with Crippen LogP contribution >= 0.6 is 0 Å². The van der Waals surface area contributed by atoms with E-state index in [1.165, 1.54) is 11.0 Å². The van der Waals surface area contributed by atoms with Gasteiger partial charge in [-0.15, -0.1) is 0 Å². The SMILES string of the molecule is CCCC1NC(=O)CCN(Cc2ccc(F)c(F)c2)C1=O. The Morgan fingerprint density at radius 2 is 2.05 bits per heavy atom. The summed E-state index contributed by atoms with van der Waals surface area (Å²) < 4.78 is 26.1. The zero-order valence-corrected chi connectivity index (χ0v) is 11.9. The zero-order chi connectivity index (χ0) is 15.4. The highest BCUT2D eigenvalue weighted by Gasteiger charge is 2.29. The van der Waals surface area contributed by atoms with E-state index in [2.05, 4.69) is 5.32 Å². The number of carbonyl (C=O) groups is 2. The van der Waals surface area contributed by atoms with E-state index in [1.807, 2.05) is 6.92 Å². The van der Waals surface area contributed by atoms with Gasteiger partial charge in [-0.1, -0.05) is 19.4 Å². The van der Waals surface area contributed by atoms with E-state index in [0.29, 0.717) is 12.0 Å². The summed E-state index contributed by atoms with van der Waals surface area (Å²) in [5.74, 6) is -2.18. The Morgan fingerprint density at radius 1 is 1.29 bits per heavy atom. The van der Waals surface area contributed by atoms with E-state index in [-0.39, 0.29) is 31.3 Å². The fraction of sp³-hybridized carbons (Fsp3) is 0.467. The van der Waals surface area contributed by atoms with E-state index >= 15 is 0 Å². The van der Waals surface area contributed by atoms with Gasteiger partial charge in [-0.05, 0) is 24.1 Å². The lowest BCUT2D eigenvalue weighted by atomic mass is 10.1. The molecule has 114 valence electrons. The summed E-state index contributed by atoms with van der Waals surface area (Å²) in [4.78, 5) is 25.5. The maximum Gasteiger partial charge on any atom is 0.245 e. The van der Waals surface area contributed by atoms with Crippen molar-refractivity contribution < 1.29 is 18.4 Å². The minimum Gasteiger partial charge on any atom is -0.344 e. The number of rotatable bonds is 4. The van der Waals surface area contributed by atoms with E-state index in [0.717, 1.165) is 18.6 Å². The van der Waals surface area contributed by atoms with Crippen LogP contribution in [-0.4, -0.2) is 29.3 Å². The van der Waals surface area contributed by atoms with Gasteiger partial charge < -0.3 is 10.2 Å². The van der Waals surface area contributed by atoms with E-state index in [4.69, 9.17) is 0 Å². The summed E-state index contributed by atoms with van der Waals surface area (Å²) in [7, 11) is 0. The molecule has 2 rings (SSSR count). The van der Waals surface area contributed by atoms with Crippen molar-refractivity contribution in [1.29, 1.82) is 0 Å². The third-order valence-electron chi connectivity index (χ3n) is 3.49. The molecule has 1 atom stereocenters. The van der Waals surface area contributed by atoms with E-state index < -0.39 is 17.7 Å². The lowest BCUT2D eigenvalue weighted by Crippen LogP contribution is -2.44. The maximum absolute atomic E-state index is 13.2. The average molecular weight is 296 g/mol. The highest BCUT2D eigenvalue weighted by atomic mass is 19.2. The van der Waals surface area contributed by atoms with Gasteiger partial charge in [-0.25, -0.2) is 8.78 Å². The Balaban J connectivity index is 2.14. The largest absolute Gasteiger partial charge is 0.344 e. The number of carbonyl (C=O) groups excluding carboxylic acids is 2. The Kier molecular flexibility index (Phi) is 4.88. The molecule has 1 fully saturated rings. The first kappa shape index (κ1) is 15.4. The Morgan fingerprint density at radius 3 is 2.71 bits per heavy atom. The molecule has 21 heavy (non-hydrogen) atoms. The number of hydrogen-bond acceptors (Lipinski definition) is 2. The van der Waals surface area contributed by atoms with Gasteiger partial charge in [0.1, 0.15) is 6.04 Å². The molecular formula is C15H18F2N2O2. The van der Waals surface area contributed by atoms with Gasteiger partial charge >= 0.3 is 0 Å². The molecule has 1 aliphatic heterocycles. The van der Waals surface area contributed by atoms with Crippen molar-refractivity contribution >= 4 is 11.8 Å². The van der Waals surface area contributed by atoms with Gasteiger partial charge in [0.2, 0.25) is 11.8 Å². The minimum atomic E-state index is -0.936. The predicted molar refractivity (Wildman–Crippen MR) is 73.2 cm³/mol. The Bertz CT molecular complexity index is 548. The molecule has 0 aromatic heterocycles. The molecule has 1 heterocycles. The van der Waals surface area contributed by atoms with Crippen molar-refractivity contribution in [3.8, 4) is 0 Å². The van der Waals surface area contributed by atoms with E-state index in [1.54, 1.807) is 0 Å². The second-order valence-electron chi connectivity index (χ2n) is 5.17. The summed E-state index contributed by atoms with van der Waals surface area (Å²) in [5.41, 5.74) is 0.506. The molecule has 1 aromatic carbocycles. The lowest BCUT2D eigenvalue weighted by molar-refractivity contribution is -0.134. The van der Waals surface area contributed by atoms with Crippen LogP contribution in [0.15, 0.2) is 18.2 Å². The smallest absolute Gasteiger partial charge is 0.245 e. The number of nitrogens with one attached hydrogen (secondary N) is 1. The highest BCUT2D eigenvalue weighted by Crippen LogP contribution is 2.15. The summed E-state index contributed by atoms with van der Waals surface area (Å²) in [6.45, 7) is 2.39. The molecule has 0 spiro atoms. The number of nitrogens with zero attached hydrogens (tertiary/aromatic N) is 1. The minimum absolute atomic E-state index is 0.158. The fourth-order valence-electron chi connectivity index (χ4n) is 2.39. The van der Waals surface area contributed by atoms with Gasteiger partial charge in [-0.3, -0.25) is 9.59 Å². The van der Waals surface area contributed by atoms with Crippen LogP contribution in [0.25, 0.3) is 0 Å². The van der Waals surface area contributed by atoms with Gasteiger partial charge in [0.05, 0.1) is 0 Å². The molecule has 0 radical (unpaired) electrons. The first-order valence-corrected chi connectivity index (χ1v) is 7.03. The third-order valence-corrected chi connectivity index (χ3v) is 3.49. The van der Waals surface area contributed by atoms with Crippen LogP contribution in [0.3, 0.4) is 0 Å².